The highest BCUT2D eigenvalue weighted by atomic mass is 16.5. The zero-order valence-electron chi connectivity index (χ0n) is 15.1. The number of carbonyl (C=O) groups excluding carboxylic acids is 1. The quantitative estimate of drug-likeness (QED) is 0.851. The van der Waals surface area contributed by atoms with Crippen molar-refractivity contribution in [3.8, 4) is 0 Å². The summed E-state index contributed by atoms with van der Waals surface area (Å²) in [6.07, 6.45) is 5.58. The second-order valence-corrected chi connectivity index (χ2v) is 7.35. The van der Waals surface area contributed by atoms with Crippen LogP contribution < -0.4 is 0 Å². The lowest BCUT2D eigenvalue weighted by molar-refractivity contribution is -0.0524. The molecule has 2 aliphatic rings. The minimum absolute atomic E-state index is 0.141. The maximum absolute atomic E-state index is 13.1. The number of nitrogens with zero attached hydrogens (tertiary/aromatic N) is 5. The highest BCUT2D eigenvalue weighted by molar-refractivity contribution is 5.95. The smallest absolute Gasteiger partial charge is 0.257 e. The van der Waals surface area contributed by atoms with Crippen LogP contribution in [0.25, 0.3) is 5.65 Å². The Bertz CT molecular complexity index is 801. The zero-order chi connectivity index (χ0) is 18.1. The Morgan fingerprint density at radius 3 is 2.96 bits per heavy atom. The van der Waals surface area contributed by atoms with E-state index in [1.54, 1.807) is 27.9 Å². The van der Waals surface area contributed by atoms with Gasteiger partial charge < -0.3 is 19.6 Å². The third-order valence-electron chi connectivity index (χ3n) is 5.25. The summed E-state index contributed by atoms with van der Waals surface area (Å²) in [4.78, 5) is 21.4. The van der Waals surface area contributed by atoms with Crippen LogP contribution >= 0.6 is 0 Å². The fourth-order valence-corrected chi connectivity index (χ4v) is 3.91. The first-order valence-corrected chi connectivity index (χ1v) is 9.17. The minimum Gasteiger partial charge on any atom is -0.384 e. The molecule has 1 amide bonds. The number of amides is 1. The number of aryl methyl sites for hydroxylation is 1. The Morgan fingerprint density at radius 1 is 1.35 bits per heavy atom. The first-order chi connectivity index (χ1) is 12.6. The van der Waals surface area contributed by atoms with E-state index in [9.17, 15) is 9.90 Å². The van der Waals surface area contributed by atoms with Gasteiger partial charge in [-0.1, -0.05) is 0 Å². The maximum Gasteiger partial charge on any atom is 0.257 e. The predicted octanol–water partition coefficient (Wildman–Crippen LogP) is 0.337. The summed E-state index contributed by atoms with van der Waals surface area (Å²) in [5.41, 5.74) is 0.918. The van der Waals surface area contributed by atoms with Crippen molar-refractivity contribution >= 4 is 11.6 Å². The average molecular weight is 359 g/mol. The lowest BCUT2D eigenvalue weighted by Gasteiger charge is -2.34. The van der Waals surface area contributed by atoms with Gasteiger partial charge in [-0.25, -0.2) is 9.50 Å². The van der Waals surface area contributed by atoms with Crippen molar-refractivity contribution < 1.29 is 14.6 Å². The first kappa shape index (κ1) is 17.4. The molecule has 0 spiro atoms. The molecule has 0 saturated carbocycles. The van der Waals surface area contributed by atoms with Crippen LogP contribution in [-0.4, -0.2) is 87.0 Å². The number of ether oxygens (including phenoxy) is 1. The highest BCUT2D eigenvalue weighted by Gasteiger charge is 2.37. The van der Waals surface area contributed by atoms with Crippen LogP contribution in [0.2, 0.25) is 0 Å². The van der Waals surface area contributed by atoms with Crippen LogP contribution in [0.3, 0.4) is 0 Å². The van der Waals surface area contributed by atoms with E-state index < -0.39 is 5.60 Å². The Labute approximate surface area is 152 Å². The molecule has 2 fully saturated rings. The number of carbonyl (C=O) groups is 1. The number of β-amino-alcohol motifs (C(OH)–C–C–N with tert-alkyl or cyclic N) is 1. The van der Waals surface area contributed by atoms with Crippen molar-refractivity contribution in [3.63, 3.8) is 0 Å². The van der Waals surface area contributed by atoms with E-state index in [-0.39, 0.29) is 19.1 Å². The second-order valence-electron chi connectivity index (χ2n) is 7.35. The summed E-state index contributed by atoms with van der Waals surface area (Å²) in [6.45, 7) is 5.78. The molecule has 2 aromatic heterocycles. The van der Waals surface area contributed by atoms with Crippen molar-refractivity contribution in [2.24, 2.45) is 0 Å². The first-order valence-electron chi connectivity index (χ1n) is 9.17. The number of hydrogen-bond acceptors (Lipinski definition) is 6. The second kappa shape index (κ2) is 6.94. The fourth-order valence-electron chi connectivity index (χ4n) is 3.91. The van der Waals surface area contributed by atoms with Gasteiger partial charge in [0, 0.05) is 25.4 Å². The summed E-state index contributed by atoms with van der Waals surface area (Å²) < 4.78 is 7.29. The van der Waals surface area contributed by atoms with Gasteiger partial charge in [0.2, 0.25) is 0 Å². The number of aromatic nitrogens is 3. The molecule has 2 saturated heterocycles. The fraction of sp³-hybridized carbons (Fsp3) is 0.611. The average Bonchev–Trinajstić information content (AvgIpc) is 3.25. The number of rotatable bonds is 3. The van der Waals surface area contributed by atoms with Gasteiger partial charge in [0.1, 0.15) is 5.60 Å². The Kier molecular flexibility index (Phi) is 4.64. The SMILES string of the molecule is Cc1c(C(=O)N2CCOC[C@@](O)(CN3CCCC3)C2)cnc2ccnn12. The number of aliphatic hydroxyl groups is 1. The molecule has 0 bridgehead atoms. The highest BCUT2D eigenvalue weighted by Crippen LogP contribution is 2.20. The van der Waals surface area contributed by atoms with Crippen molar-refractivity contribution in [2.45, 2.75) is 25.4 Å². The molecule has 140 valence electrons. The largest absolute Gasteiger partial charge is 0.384 e. The van der Waals surface area contributed by atoms with Crippen molar-refractivity contribution in [2.75, 3.05) is 45.9 Å². The van der Waals surface area contributed by atoms with Gasteiger partial charge in [-0.05, 0) is 32.9 Å². The summed E-state index contributed by atoms with van der Waals surface area (Å²) in [5, 5.41) is 15.3. The molecule has 0 aromatic carbocycles. The topological polar surface area (TPSA) is 83.2 Å². The lowest BCUT2D eigenvalue weighted by Crippen LogP contribution is -2.53. The molecular weight excluding hydrogens is 334 g/mol. The molecule has 1 atom stereocenters. The summed E-state index contributed by atoms with van der Waals surface area (Å²) in [7, 11) is 0. The van der Waals surface area contributed by atoms with Gasteiger partial charge in [0.15, 0.2) is 5.65 Å². The van der Waals surface area contributed by atoms with E-state index in [4.69, 9.17) is 4.74 Å². The van der Waals surface area contributed by atoms with Crippen LogP contribution in [0.4, 0.5) is 0 Å². The van der Waals surface area contributed by atoms with Gasteiger partial charge in [-0.15, -0.1) is 0 Å². The third kappa shape index (κ3) is 3.32. The molecule has 0 radical (unpaired) electrons. The Hall–Kier alpha value is -2.03. The van der Waals surface area contributed by atoms with Gasteiger partial charge in [-0.2, -0.15) is 5.10 Å². The monoisotopic (exact) mass is 359 g/mol. The van der Waals surface area contributed by atoms with Crippen LogP contribution in [-0.2, 0) is 4.74 Å². The Balaban J connectivity index is 1.56. The van der Waals surface area contributed by atoms with Crippen LogP contribution in [0.5, 0.6) is 0 Å². The zero-order valence-corrected chi connectivity index (χ0v) is 15.1. The summed E-state index contributed by atoms with van der Waals surface area (Å²) in [5.74, 6) is -0.141. The number of likely N-dealkylation sites (tertiary alicyclic amines) is 1. The van der Waals surface area contributed by atoms with E-state index in [0.717, 1.165) is 31.6 Å². The lowest BCUT2D eigenvalue weighted by atomic mass is 10.0. The number of fused-ring (bicyclic) bond motifs is 1. The van der Waals surface area contributed by atoms with Gasteiger partial charge in [0.25, 0.3) is 5.91 Å². The van der Waals surface area contributed by atoms with Crippen molar-refractivity contribution in [1.82, 2.24) is 24.4 Å². The minimum atomic E-state index is -1.05. The van der Waals surface area contributed by atoms with Gasteiger partial charge in [-0.3, -0.25) is 4.79 Å². The van der Waals surface area contributed by atoms with E-state index in [1.165, 1.54) is 0 Å². The standard InChI is InChI=1S/C18H25N5O3/c1-14-15(10-19-16-4-5-20-23(14)16)17(24)22-8-9-26-13-18(25,12-22)11-21-6-2-3-7-21/h4-5,10,25H,2-3,6-9,11-13H2,1H3/t18-/m1/s1. The van der Waals surface area contributed by atoms with Gasteiger partial charge in [0.05, 0.1) is 37.2 Å². The summed E-state index contributed by atoms with van der Waals surface area (Å²) in [6, 6.07) is 1.80. The molecule has 26 heavy (non-hydrogen) atoms. The van der Waals surface area contributed by atoms with E-state index in [1.807, 2.05) is 6.92 Å². The van der Waals surface area contributed by atoms with E-state index >= 15 is 0 Å². The van der Waals surface area contributed by atoms with E-state index in [0.29, 0.717) is 30.9 Å². The molecular formula is C18H25N5O3. The molecule has 2 aliphatic heterocycles. The van der Waals surface area contributed by atoms with E-state index in [2.05, 4.69) is 15.0 Å². The van der Waals surface area contributed by atoms with Crippen LogP contribution in [0.15, 0.2) is 18.5 Å². The molecule has 8 nitrogen and oxygen atoms in total. The summed E-state index contributed by atoms with van der Waals surface area (Å²) >= 11 is 0. The van der Waals surface area contributed by atoms with Crippen LogP contribution in [0.1, 0.15) is 28.9 Å². The molecule has 2 aromatic rings. The maximum atomic E-state index is 13.1. The predicted molar refractivity (Wildman–Crippen MR) is 95.1 cm³/mol. The van der Waals surface area contributed by atoms with Crippen LogP contribution in [0, 0.1) is 6.92 Å². The number of hydrogen-bond donors (Lipinski definition) is 1. The van der Waals surface area contributed by atoms with Gasteiger partial charge >= 0.3 is 0 Å². The Morgan fingerprint density at radius 2 is 2.15 bits per heavy atom. The normalized spacial score (nSPS) is 24.9. The van der Waals surface area contributed by atoms with Crippen molar-refractivity contribution in [3.05, 3.63) is 29.7 Å². The molecule has 8 heteroatoms. The molecule has 0 unspecified atom stereocenters. The molecule has 4 heterocycles. The molecule has 1 N–H and O–H groups in total. The molecule has 0 aliphatic carbocycles. The third-order valence-corrected chi connectivity index (χ3v) is 5.25. The molecule has 4 rings (SSSR count). The van der Waals surface area contributed by atoms with Crippen molar-refractivity contribution in [1.29, 1.82) is 0 Å².